The highest BCUT2D eigenvalue weighted by Gasteiger charge is 2.16. The van der Waals surface area contributed by atoms with Crippen LogP contribution in [0, 0.1) is 0 Å². The van der Waals surface area contributed by atoms with Crippen molar-refractivity contribution in [2.45, 2.75) is 116 Å². The van der Waals surface area contributed by atoms with Crippen molar-refractivity contribution in [1.82, 2.24) is 4.98 Å². The molecule has 37 heavy (non-hydrogen) atoms. The maximum atomic E-state index is 6.18. The summed E-state index contributed by atoms with van der Waals surface area (Å²) in [7, 11) is 0. The van der Waals surface area contributed by atoms with Gasteiger partial charge in [-0.05, 0) is 18.6 Å². The number of unbranched alkanes of at least 4 members (excludes halogenated alkanes) is 15. The lowest BCUT2D eigenvalue weighted by Gasteiger charge is -2.05. The standard InChI is InChI=1S/C34H49NO2/c1-2-3-4-5-6-7-8-9-10-11-12-13-14-15-16-23-28-36-29-32-33(30-24-19-17-20-25-30)37-34(35-32)31-26-21-18-22-27-31/h17-22,24-27H,2-16,23,28-29H2,1H3. The van der Waals surface area contributed by atoms with Crippen LogP contribution in [0.15, 0.2) is 65.1 Å². The third-order valence-corrected chi connectivity index (χ3v) is 7.14. The molecule has 3 nitrogen and oxygen atoms in total. The molecule has 3 aromatic rings. The van der Waals surface area contributed by atoms with E-state index in [4.69, 9.17) is 14.1 Å². The van der Waals surface area contributed by atoms with Crippen LogP contribution in [0.25, 0.3) is 22.8 Å². The molecule has 1 heterocycles. The second-order valence-corrected chi connectivity index (χ2v) is 10.4. The van der Waals surface area contributed by atoms with Gasteiger partial charge in [-0.3, -0.25) is 0 Å². The summed E-state index contributed by atoms with van der Waals surface area (Å²) in [6, 6.07) is 20.3. The Kier molecular flexibility index (Phi) is 14.8. The van der Waals surface area contributed by atoms with E-state index in [1.807, 2.05) is 48.5 Å². The molecular formula is C34H49NO2. The van der Waals surface area contributed by atoms with Gasteiger partial charge in [0.05, 0.1) is 6.61 Å². The second kappa shape index (κ2) is 18.8. The molecule has 202 valence electrons. The van der Waals surface area contributed by atoms with Gasteiger partial charge in [-0.2, -0.15) is 0 Å². The third kappa shape index (κ3) is 11.7. The number of ether oxygens (including phenoxy) is 1. The van der Waals surface area contributed by atoms with Crippen LogP contribution in [0.3, 0.4) is 0 Å². The molecule has 0 aliphatic rings. The largest absolute Gasteiger partial charge is 0.436 e. The first-order valence-electron chi connectivity index (χ1n) is 15.1. The molecule has 0 aliphatic heterocycles. The Hall–Kier alpha value is -2.39. The van der Waals surface area contributed by atoms with Crippen LogP contribution in [-0.2, 0) is 11.3 Å². The summed E-state index contributed by atoms with van der Waals surface area (Å²) >= 11 is 0. The van der Waals surface area contributed by atoms with Gasteiger partial charge in [0.2, 0.25) is 5.89 Å². The van der Waals surface area contributed by atoms with Gasteiger partial charge in [0.15, 0.2) is 5.76 Å². The fraction of sp³-hybridized carbons (Fsp3) is 0.559. The highest BCUT2D eigenvalue weighted by atomic mass is 16.5. The molecule has 3 heteroatoms. The fourth-order valence-corrected chi connectivity index (χ4v) is 4.89. The van der Waals surface area contributed by atoms with Crippen molar-refractivity contribution in [3.63, 3.8) is 0 Å². The van der Waals surface area contributed by atoms with E-state index < -0.39 is 0 Å². The van der Waals surface area contributed by atoms with Crippen LogP contribution in [0.4, 0.5) is 0 Å². The van der Waals surface area contributed by atoms with Crippen molar-refractivity contribution in [2.75, 3.05) is 6.61 Å². The predicted octanol–water partition coefficient (Wildman–Crippen LogP) is 10.8. The highest BCUT2D eigenvalue weighted by molar-refractivity contribution is 5.64. The summed E-state index contributed by atoms with van der Waals surface area (Å²) in [6.45, 7) is 3.55. The first kappa shape index (κ1) is 29.2. The average Bonchev–Trinajstić information content (AvgIpc) is 3.37. The fourth-order valence-electron chi connectivity index (χ4n) is 4.89. The lowest BCUT2D eigenvalue weighted by atomic mass is 10.0. The van der Waals surface area contributed by atoms with E-state index in [2.05, 4.69) is 19.1 Å². The van der Waals surface area contributed by atoms with Gasteiger partial charge < -0.3 is 9.15 Å². The molecule has 0 radical (unpaired) electrons. The van der Waals surface area contributed by atoms with Crippen molar-refractivity contribution < 1.29 is 9.15 Å². The monoisotopic (exact) mass is 503 g/mol. The molecule has 0 fully saturated rings. The highest BCUT2D eigenvalue weighted by Crippen LogP contribution is 2.30. The first-order chi connectivity index (χ1) is 18.4. The molecule has 0 saturated carbocycles. The molecule has 0 saturated heterocycles. The summed E-state index contributed by atoms with van der Waals surface area (Å²) < 4.78 is 12.2. The summed E-state index contributed by atoms with van der Waals surface area (Å²) in [5.41, 5.74) is 2.91. The summed E-state index contributed by atoms with van der Waals surface area (Å²) in [6.07, 6.45) is 22.1. The number of benzene rings is 2. The van der Waals surface area contributed by atoms with Gasteiger partial charge in [-0.25, -0.2) is 4.98 Å². The molecule has 2 aromatic carbocycles. The minimum absolute atomic E-state index is 0.485. The zero-order chi connectivity index (χ0) is 25.8. The molecule has 1 aromatic heterocycles. The second-order valence-electron chi connectivity index (χ2n) is 10.4. The van der Waals surface area contributed by atoms with Crippen LogP contribution in [0.2, 0.25) is 0 Å². The van der Waals surface area contributed by atoms with Gasteiger partial charge in [0.1, 0.15) is 5.69 Å². The zero-order valence-electron chi connectivity index (χ0n) is 23.3. The van der Waals surface area contributed by atoms with Crippen molar-refractivity contribution in [1.29, 1.82) is 0 Å². The minimum atomic E-state index is 0.485. The molecular weight excluding hydrogens is 454 g/mol. The Labute approximate surface area is 226 Å². The number of hydrogen-bond donors (Lipinski definition) is 0. The molecule has 3 rings (SSSR count). The summed E-state index contributed by atoms with van der Waals surface area (Å²) in [5.74, 6) is 1.46. The Morgan fingerprint density at radius 3 is 1.54 bits per heavy atom. The Bertz CT molecular complexity index is 935. The molecule has 0 unspecified atom stereocenters. The van der Waals surface area contributed by atoms with Gasteiger partial charge in [0, 0.05) is 17.7 Å². The Morgan fingerprint density at radius 2 is 1.03 bits per heavy atom. The van der Waals surface area contributed by atoms with Crippen molar-refractivity contribution in [2.24, 2.45) is 0 Å². The molecule has 0 spiro atoms. The van der Waals surface area contributed by atoms with E-state index >= 15 is 0 Å². The van der Waals surface area contributed by atoms with Crippen molar-refractivity contribution in [3.05, 3.63) is 66.4 Å². The van der Waals surface area contributed by atoms with Gasteiger partial charge >= 0.3 is 0 Å². The maximum absolute atomic E-state index is 6.18. The van der Waals surface area contributed by atoms with Crippen LogP contribution in [-0.4, -0.2) is 11.6 Å². The topological polar surface area (TPSA) is 35.3 Å². The molecule has 0 amide bonds. The lowest BCUT2D eigenvalue weighted by molar-refractivity contribution is 0.114. The van der Waals surface area contributed by atoms with E-state index in [0.717, 1.165) is 35.6 Å². The van der Waals surface area contributed by atoms with Crippen LogP contribution >= 0.6 is 0 Å². The van der Waals surface area contributed by atoms with Gasteiger partial charge in [-0.1, -0.05) is 152 Å². The lowest BCUT2D eigenvalue weighted by Crippen LogP contribution is -1.97. The third-order valence-electron chi connectivity index (χ3n) is 7.14. The maximum Gasteiger partial charge on any atom is 0.227 e. The van der Waals surface area contributed by atoms with E-state index in [1.54, 1.807) is 0 Å². The summed E-state index contributed by atoms with van der Waals surface area (Å²) in [5, 5.41) is 0. The van der Waals surface area contributed by atoms with Crippen LogP contribution in [0.1, 0.15) is 115 Å². The number of aromatic nitrogens is 1. The van der Waals surface area contributed by atoms with E-state index in [-0.39, 0.29) is 0 Å². The van der Waals surface area contributed by atoms with E-state index in [0.29, 0.717) is 12.5 Å². The summed E-state index contributed by atoms with van der Waals surface area (Å²) in [4.78, 5) is 4.78. The molecule has 0 atom stereocenters. The molecule has 0 bridgehead atoms. The van der Waals surface area contributed by atoms with Gasteiger partial charge in [-0.15, -0.1) is 0 Å². The average molecular weight is 504 g/mol. The van der Waals surface area contributed by atoms with Crippen LogP contribution in [0.5, 0.6) is 0 Å². The first-order valence-corrected chi connectivity index (χ1v) is 15.1. The van der Waals surface area contributed by atoms with E-state index in [9.17, 15) is 0 Å². The Balaban J connectivity index is 1.23. The normalized spacial score (nSPS) is 11.3. The van der Waals surface area contributed by atoms with Crippen LogP contribution < -0.4 is 0 Å². The smallest absolute Gasteiger partial charge is 0.227 e. The zero-order valence-corrected chi connectivity index (χ0v) is 23.3. The molecule has 0 N–H and O–H groups in total. The van der Waals surface area contributed by atoms with Gasteiger partial charge in [0.25, 0.3) is 0 Å². The molecule has 0 aliphatic carbocycles. The Morgan fingerprint density at radius 1 is 0.568 bits per heavy atom. The van der Waals surface area contributed by atoms with E-state index in [1.165, 1.54) is 96.3 Å². The SMILES string of the molecule is CCCCCCCCCCCCCCCCCCOCc1nc(-c2ccccc2)oc1-c1ccccc1. The quantitative estimate of drug-likeness (QED) is 0.136. The van der Waals surface area contributed by atoms with Crippen molar-refractivity contribution in [3.8, 4) is 22.8 Å². The number of hydrogen-bond acceptors (Lipinski definition) is 3. The minimum Gasteiger partial charge on any atom is -0.436 e. The predicted molar refractivity (Wildman–Crippen MR) is 157 cm³/mol. The van der Waals surface area contributed by atoms with Crippen molar-refractivity contribution >= 4 is 0 Å². The number of nitrogens with zero attached hydrogens (tertiary/aromatic N) is 1. The number of oxazole rings is 1. The number of rotatable bonds is 21.